The van der Waals surface area contributed by atoms with Crippen molar-refractivity contribution in [2.45, 2.75) is 37.3 Å². The van der Waals surface area contributed by atoms with Crippen LogP contribution in [-0.4, -0.2) is 42.0 Å². The fourth-order valence-corrected chi connectivity index (χ4v) is 4.12. The van der Waals surface area contributed by atoms with Gasteiger partial charge in [0.25, 0.3) is 0 Å². The molecule has 1 aromatic rings. The third-order valence-corrected chi connectivity index (χ3v) is 5.02. The molecule has 0 radical (unpaired) electrons. The third kappa shape index (κ3) is 1.75. The standard InChI is InChI=1S/C16H21NO3/c18-12-4-5-15-13(11-12)14-3-1-2-6-16(14,20-15)17-7-9-19-10-8-17/h4-5,11,14,18H,1-3,6-10H2/t14-,16+/m0/s1. The van der Waals surface area contributed by atoms with Crippen LogP contribution in [0.2, 0.25) is 0 Å². The summed E-state index contributed by atoms with van der Waals surface area (Å²) in [4.78, 5) is 2.47. The molecule has 4 rings (SSSR count). The number of aromatic hydroxyl groups is 1. The largest absolute Gasteiger partial charge is 0.508 e. The van der Waals surface area contributed by atoms with E-state index in [1.54, 1.807) is 6.07 Å². The number of morpholine rings is 1. The van der Waals surface area contributed by atoms with Crippen LogP contribution in [0.1, 0.15) is 37.2 Å². The predicted octanol–water partition coefficient (Wildman–Crippen LogP) is 2.47. The highest BCUT2D eigenvalue weighted by atomic mass is 16.5. The van der Waals surface area contributed by atoms with E-state index in [9.17, 15) is 5.11 Å². The second-order valence-corrected chi connectivity index (χ2v) is 6.07. The molecular weight excluding hydrogens is 254 g/mol. The van der Waals surface area contributed by atoms with E-state index in [0.717, 1.165) is 44.9 Å². The van der Waals surface area contributed by atoms with E-state index in [1.807, 2.05) is 12.1 Å². The molecule has 0 amide bonds. The van der Waals surface area contributed by atoms with Gasteiger partial charge in [0.2, 0.25) is 0 Å². The molecule has 108 valence electrons. The summed E-state index contributed by atoms with van der Waals surface area (Å²) >= 11 is 0. The van der Waals surface area contributed by atoms with Crippen LogP contribution in [0.25, 0.3) is 0 Å². The minimum atomic E-state index is -0.196. The van der Waals surface area contributed by atoms with E-state index in [2.05, 4.69) is 4.90 Å². The topological polar surface area (TPSA) is 41.9 Å². The van der Waals surface area contributed by atoms with Gasteiger partial charge in [0.05, 0.1) is 13.2 Å². The first-order valence-corrected chi connectivity index (χ1v) is 7.64. The van der Waals surface area contributed by atoms with Crippen molar-refractivity contribution in [2.75, 3.05) is 26.3 Å². The van der Waals surface area contributed by atoms with E-state index in [0.29, 0.717) is 11.7 Å². The molecule has 2 aliphatic heterocycles. The first kappa shape index (κ1) is 12.5. The second-order valence-electron chi connectivity index (χ2n) is 6.07. The highest BCUT2D eigenvalue weighted by Gasteiger charge is 2.53. The number of phenolic OH excluding ortho intramolecular Hbond substituents is 1. The Labute approximate surface area is 119 Å². The predicted molar refractivity (Wildman–Crippen MR) is 75.1 cm³/mol. The Morgan fingerprint density at radius 1 is 1.20 bits per heavy atom. The normalized spacial score (nSPS) is 33.3. The Balaban J connectivity index is 1.74. The summed E-state index contributed by atoms with van der Waals surface area (Å²) in [6.07, 6.45) is 4.68. The molecule has 4 heteroatoms. The number of fused-ring (bicyclic) bond motifs is 3. The van der Waals surface area contributed by atoms with E-state index in [-0.39, 0.29) is 5.72 Å². The van der Waals surface area contributed by atoms with Gasteiger partial charge in [0.1, 0.15) is 11.5 Å². The number of rotatable bonds is 1. The molecule has 0 bridgehead atoms. The lowest BCUT2D eigenvalue weighted by molar-refractivity contribution is -0.139. The minimum Gasteiger partial charge on any atom is -0.508 e. The number of hydrogen-bond donors (Lipinski definition) is 1. The summed E-state index contributed by atoms with van der Waals surface area (Å²) in [6.45, 7) is 3.46. The SMILES string of the molecule is Oc1ccc2c(c1)[C@@H]1CCCC[C@@]1(N1CCOCC1)O2. The molecule has 0 aromatic heterocycles. The summed E-state index contributed by atoms with van der Waals surface area (Å²) in [5.74, 6) is 1.69. The van der Waals surface area contributed by atoms with Crippen LogP contribution in [-0.2, 0) is 4.74 Å². The van der Waals surface area contributed by atoms with Gasteiger partial charge in [-0.05, 0) is 31.0 Å². The van der Waals surface area contributed by atoms with Crippen molar-refractivity contribution < 1.29 is 14.6 Å². The van der Waals surface area contributed by atoms with Crippen LogP contribution in [0.4, 0.5) is 0 Å². The van der Waals surface area contributed by atoms with E-state index < -0.39 is 0 Å². The molecule has 1 aliphatic carbocycles. The van der Waals surface area contributed by atoms with E-state index in [1.165, 1.54) is 18.4 Å². The van der Waals surface area contributed by atoms with Gasteiger partial charge in [-0.3, -0.25) is 4.90 Å². The van der Waals surface area contributed by atoms with E-state index in [4.69, 9.17) is 9.47 Å². The highest BCUT2D eigenvalue weighted by molar-refractivity contribution is 5.47. The summed E-state index contributed by atoms with van der Waals surface area (Å²) in [5, 5.41) is 9.79. The fraction of sp³-hybridized carbons (Fsp3) is 0.625. The maximum Gasteiger partial charge on any atom is 0.170 e. The second kappa shape index (κ2) is 4.64. The minimum absolute atomic E-state index is 0.196. The monoisotopic (exact) mass is 275 g/mol. The molecule has 0 unspecified atom stereocenters. The first-order chi connectivity index (χ1) is 9.79. The van der Waals surface area contributed by atoms with Crippen molar-refractivity contribution in [1.29, 1.82) is 0 Å². The van der Waals surface area contributed by atoms with Crippen LogP contribution in [0, 0.1) is 0 Å². The summed E-state index contributed by atoms with van der Waals surface area (Å²) in [5.41, 5.74) is 0.995. The zero-order valence-electron chi connectivity index (χ0n) is 11.7. The first-order valence-electron chi connectivity index (χ1n) is 7.64. The van der Waals surface area contributed by atoms with Gasteiger partial charge >= 0.3 is 0 Å². The van der Waals surface area contributed by atoms with Crippen molar-refractivity contribution in [3.05, 3.63) is 23.8 Å². The molecule has 1 aromatic carbocycles. The van der Waals surface area contributed by atoms with Gasteiger partial charge in [0.15, 0.2) is 5.72 Å². The molecular formula is C16H21NO3. The molecule has 2 fully saturated rings. The van der Waals surface area contributed by atoms with Crippen LogP contribution < -0.4 is 4.74 Å². The Bertz CT molecular complexity index is 512. The van der Waals surface area contributed by atoms with E-state index >= 15 is 0 Å². The van der Waals surface area contributed by atoms with Crippen LogP contribution >= 0.6 is 0 Å². The Morgan fingerprint density at radius 3 is 2.90 bits per heavy atom. The summed E-state index contributed by atoms with van der Waals surface area (Å²) in [6, 6.07) is 5.54. The molecule has 2 heterocycles. The Hall–Kier alpha value is -1.26. The molecule has 2 atom stereocenters. The maximum absolute atomic E-state index is 9.79. The summed E-state index contributed by atoms with van der Waals surface area (Å²) < 4.78 is 11.9. The van der Waals surface area contributed by atoms with Crippen LogP contribution in [0.5, 0.6) is 11.5 Å². The highest BCUT2D eigenvalue weighted by Crippen LogP contribution is 2.54. The quantitative estimate of drug-likeness (QED) is 0.855. The number of nitrogens with zero attached hydrogens (tertiary/aromatic N) is 1. The maximum atomic E-state index is 9.79. The van der Waals surface area contributed by atoms with Gasteiger partial charge in [-0.15, -0.1) is 0 Å². The molecule has 1 saturated heterocycles. The smallest absolute Gasteiger partial charge is 0.170 e. The van der Waals surface area contributed by atoms with Crippen molar-refractivity contribution >= 4 is 0 Å². The fourth-order valence-electron chi connectivity index (χ4n) is 4.12. The zero-order valence-corrected chi connectivity index (χ0v) is 11.7. The molecule has 4 nitrogen and oxygen atoms in total. The van der Waals surface area contributed by atoms with Gasteiger partial charge in [-0.25, -0.2) is 0 Å². The molecule has 0 spiro atoms. The number of phenols is 1. The van der Waals surface area contributed by atoms with Crippen molar-refractivity contribution in [1.82, 2.24) is 4.90 Å². The molecule has 1 saturated carbocycles. The molecule has 3 aliphatic rings. The van der Waals surface area contributed by atoms with Crippen LogP contribution in [0.15, 0.2) is 18.2 Å². The average Bonchev–Trinajstić information content (AvgIpc) is 2.83. The molecule has 20 heavy (non-hydrogen) atoms. The lowest BCUT2D eigenvalue weighted by Gasteiger charge is -2.47. The van der Waals surface area contributed by atoms with Crippen molar-refractivity contribution in [3.8, 4) is 11.5 Å². The average molecular weight is 275 g/mol. The van der Waals surface area contributed by atoms with Crippen molar-refractivity contribution in [3.63, 3.8) is 0 Å². The van der Waals surface area contributed by atoms with Gasteiger partial charge in [0, 0.05) is 31.0 Å². The lowest BCUT2D eigenvalue weighted by Crippen LogP contribution is -2.59. The van der Waals surface area contributed by atoms with Gasteiger partial charge < -0.3 is 14.6 Å². The van der Waals surface area contributed by atoms with Crippen molar-refractivity contribution in [2.24, 2.45) is 0 Å². The lowest BCUT2D eigenvalue weighted by atomic mass is 9.77. The van der Waals surface area contributed by atoms with Crippen LogP contribution in [0.3, 0.4) is 0 Å². The Morgan fingerprint density at radius 2 is 2.05 bits per heavy atom. The Kier molecular flexibility index (Phi) is 2.89. The van der Waals surface area contributed by atoms with Gasteiger partial charge in [-0.2, -0.15) is 0 Å². The third-order valence-electron chi connectivity index (χ3n) is 5.02. The number of benzene rings is 1. The molecule has 1 N–H and O–H groups in total. The number of hydrogen-bond acceptors (Lipinski definition) is 4. The number of ether oxygens (including phenoxy) is 2. The van der Waals surface area contributed by atoms with Gasteiger partial charge in [-0.1, -0.05) is 6.42 Å². The zero-order chi connectivity index (χ0) is 13.6. The summed E-state index contributed by atoms with van der Waals surface area (Å²) in [7, 11) is 0.